The minimum atomic E-state index is -0.395. The van der Waals surface area contributed by atoms with Crippen LogP contribution in [0.15, 0.2) is 59.0 Å². The lowest BCUT2D eigenvalue weighted by Crippen LogP contribution is -2.36. The smallest absolute Gasteiger partial charge is 0.291 e. The molecule has 3 aromatic rings. The van der Waals surface area contributed by atoms with Crippen molar-refractivity contribution < 1.29 is 14.3 Å². The van der Waals surface area contributed by atoms with Crippen molar-refractivity contribution in [2.45, 2.75) is 18.9 Å². The summed E-state index contributed by atoms with van der Waals surface area (Å²) >= 11 is 5.91. The van der Waals surface area contributed by atoms with Crippen LogP contribution < -0.4 is 10.2 Å². The average Bonchev–Trinajstić information content (AvgIpc) is 3.25. The Balaban J connectivity index is 1.48. The number of aliphatic hydroxyl groups excluding tert-OH is 1. The fourth-order valence-electron chi connectivity index (χ4n) is 3.51. The molecule has 1 aliphatic heterocycles. The lowest BCUT2D eigenvalue weighted by molar-refractivity contribution is 0.0997. The molecule has 2 heterocycles. The number of carbonyl (C=O) groups excluding carboxylic acids is 1. The van der Waals surface area contributed by atoms with Crippen LogP contribution in [0.25, 0.3) is 11.3 Å². The molecule has 0 atom stereocenters. The Morgan fingerprint density at radius 1 is 1.13 bits per heavy atom. The summed E-state index contributed by atoms with van der Waals surface area (Å²) in [5.41, 5.74) is 2.62. The zero-order valence-corrected chi connectivity index (χ0v) is 16.9. The van der Waals surface area contributed by atoms with E-state index in [1.165, 1.54) is 0 Å². The molecule has 152 valence electrons. The van der Waals surface area contributed by atoms with Crippen LogP contribution in [0.5, 0.6) is 0 Å². The Morgan fingerprint density at radius 3 is 2.57 bits per heavy atom. The molecule has 1 amide bonds. The van der Waals surface area contributed by atoms with Gasteiger partial charge in [0.2, 0.25) is 0 Å². The van der Waals surface area contributed by atoms with Gasteiger partial charge in [-0.15, -0.1) is 0 Å². The van der Waals surface area contributed by atoms with Crippen molar-refractivity contribution in [1.29, 1.82) is 5.26 Å². The number of anilines is 2. The number of nitrogens with one attached hydrogen (secondary N) is 1. The van der Waals surface area contributed by atoms with Crippen LogP contribution in [-0.4, -0.2) is 30.2 Å². The lowest BCUT2D eigenvalue weighted by atomic mass is 10.0. The second kappa shape index (κ2) is 8.62. The van der Waals surface area contributed by atoms with Crippen LogP contribution in [-0.2, 0) is 0 Å². The number of amides is 1. The number of furan rings is 1. The normalized spacial score (nSPS) is 14.4. The van der Waals surface area contributed by atoms with E-state index in [1.54, 1.807) is 36.4 Å². The maximum Gasteiger partial charge on any atom is 0.291 e. The van der Waals surface area contributed by atoms with E-state index in [0.717, 1.165) is 11.3 Å². The Labute approximate surface area is 179 Å². The fourth-order valence-corrected chi connectivity index (χ4v) is 3.63. The van der Waals surface area contributed by atoms with Gasteiger partial charge in [0.05, 0.1) is 17.4 Å². The number of benzene rings is 2. The number of rotatable bonds is 4. The van der Waals surface area contributed by atoms with Gasteiger partial charge in [0.1, 0.15) is 11.8 Å². The number of hydrogen-bond acceptors (Lipinski definition) is 5. The molecule has 1 saturated heterocycles. The summed E-state index contributed by atoms with van der Waals surface area (Å²) in [5, 5.41) is 22.6. The number of nitrogens with zero attached hydrogens (tertiary/aromatic N) is 2. The Morgan fingerprint density at radius 2 is 1.87 bits per heavy atom. The van der Waals surface area contributed by atoms with E-state index in [1.807, 2.05) is 18.2 Å². The highest BCUT2D eigenvalue weighted by atomic mass is 35.5. The molecule has 0 spiro atoms. The molecule has 0 unspecified atom stereocenters. The average molecular weight is 422 g/mol. The van der Waals surface area contributed by atoms with E-state index in [9.17, 15) is 15.2 Å². The number of piperidine rings is 1. The first-order valence-electron chi connectivity index (χ1n) is 9.68. The molecule has 1 fully saturated rings. The largest absolute Gasteiger partial charge is 0.451 e. The fraction of sp³-hybridized carbons (Fsp3) is 0.217. The third-order valence-corrected chi connectivity index (χ3v) is 5.39. The third-order valence-electron chi connectivity index (χ3n) is 5.14. The molecule has 4 rings (SSSR count). The van der Waals surface area contributed by atoms with Crippen molar-refractivity contribution in [2.24, 2.45) is 0 Å². The number of carbonyl (C=O) groups is 1. The van der Waals surface area contributed by atoms with E-state index < -0.39 is 5.91 Å². The van der Waals surface area contributed by atoms with Crippen molar-refractivity contribution in [3.63, 3.8) is 0 Å². The molecule has 1 aromatic heterocycles. The standard InChI is InChI=1S/C23H20ClN3O3/c24-17-3-1-15(2-4-17)21-7-8-22(30-21)23(29)26-18-5-6-20(16(13-18)14-25)27-11-9-19(28)10-12-27/h1-8,13,19,28H,9-12H2,(H,26,29). The first kappa shape index (κ1) is 20.0. The van der Waals surface area contributed by atoms with Crippen molar-refractivity contribution in [3.05, 3.63) is 70.9 Å². The van der Waals surface area contributed by atoms with Crippen LogP contribution in [0.3, 0.4) is 0 Å². The van der Waals surface area contributed by atoms with Crippen LogP contribution in [0, 0.1) is 11.3 Å². The van der Waals surface area contributed by atoms with Crippen LogP contribution in [0.4, 0.5) is 11.4 Å². The summed E-state index contributed by atoms with van der Waals surface area (Å²) in [6.07, 6.45) is 1.08. The summed E-state index contributed by atoms with van der Waals surface area (Å²) in [6.45, 7) is 1.39. The highest BCUT2D eigenvalue weighted by molar-refractivity contribution is 6.30. The molecule has 6 nitrogen and oxygen atoms in total. The predicted octanol–water partition coefficient (Wildman–Crippen LogP) is 4.69. The first-order valence-corrected chi connectivity index (χ1v) is 10.1. The van der Waals surface area contributed by atoms with Crippen LogP contribution in [0.2, 0.25) is 5.02 Å². The Hall–Kier alpha value is -3.27. The summed E-state index contributed by atoms with van der Waals surface area (Å²) in [6, 6.07) is 17.9. The van der Waals surface area contributed by atoms with Gasteiger partial charge in [0.25, 0.3) is 5.91 Å². The first-order chi connectivity index (χ1) is 14.5. The van der Waals surface area contributed by atoms with Crippen LogP contribution >= 0.6 is 11.6 Å². The lowest BCUT2D eigenvalue weighted by Gasteiger charge is -2.32. The summed E-state index contributed by atoms with van der Waals surface area (Å²) in [4.78, 5) is 14.7. The maximum absolute atomic E-state index is 12.6. The zero-order valence-electron chi connectivity index (χ0n) is 16.1. The van der Waals surface area contributed by atoms with E-state index in [4.69, 9.17) is 16.0 Å². The number of nitriles is 1. The molecule has 0 radical (unpaired) electrons. The van der Waals surface area contributed by atoms with E-state index in [0.29, 0.717) is 48.0 Å². The molecule has 0 bridgehead atoms. The van der Waals surface area contributed by atoms with Gasteiger partial charge in [0.15, 0.2) is 5.76 Å². The summed E-state index contributed by atoms with van der Waals surface area (Å²) in [7, 11) is 0. The molecule has 2 aromatic carbocycles. The molecule has 0 aliphatic carbocycles. The predicted molar refractivity (Wildman–Crippen MR) is 116 cm³/mol. The van der Waals surface area contributed by atoms with Crippen molar-refractivity contribution in [1.82, 2.24) is 0 Å². The van der Waals surface area contributed by atoms with Crippen molar-refractivity contribution in [2.75, 3.05) is 23.3 Å². The minimum absolute atomic E-state index is 0.174. The quantitative estimate of drug-likeness (QED) is 0.638. The van der Waals surface area contributed by atoms with Crippen molar-refractivity contribution in [3.8, 4) is 17.4 Å². The number of halogens is 1. The second-order valence-electron chi connectivity index (χ2n) is 7.19. The zero-order chi connectivity index (χ0) is 21.1. The molecule has 7 heteroatoms. The molecular formula is C23H20ClN3O3. The van der Waals surface area contributed by atoms with Crippen LogP contribution in [0.1, 0.15) is 29.0 Å². The molecule has 1 aliphatic rings. The van der Waals surface area contributed by atoms with Gasteiger partial charge < -0.3 is 19.7 Å². The van der Waals surface area contributed by atoms with Crippen molar-refractivity contribution >= 4 is 28.9 Å². The molecule has 2 N–H and O–H groups in total. The van der Waals surface area contributed by atoms with E-state index >= 15 is 0 Å². The van der Waals surface area contributed by atoms with Gasteiger partial charge >= 0.3 is 0 Å². The van der Waals surface area contributed by atoms with Gasteiger partial charge in [-0.3, -0.25) is 4.79 Å². The second-order valence-corrected chi connectivity index (χ2v) is 7.62. The van der Waals surface area contributed by atoms with Gasteiger partial charge in [-0.25, -0.2) is 0 Å². The summed E-state index contributed by atoms with van der Waals surface area (Å²) in [5.74, 6) is 0.345. The maximum atomic E-state index is 12.6. The van der Waals surface area contributed by atoms with E-state index in [2.05, 4.69) is 16.3 Å². The van der Waals surface area contributed by atoms with Gasteiger partial charge in [-0.2, -0.15) is 5.26 Å². The Bertz CT molecular complexity index is 1090. The Kier molecular flexibility index (Phi) is 5.75. The van der Waals surface area contributed by atoms with Gasteiger partial charge in [-0.05, 0) is 67.4 Å². The SMILES string of the molecule is N#Cc1cc(NC(=O)c2ccc(-c3ccc(Cl)cc3)o2)ccc1N1CCC(O)CC1. The molecule has 30 heavy (non-hydrogen) atoms. The van der Waals surface area contributed by atoms with E-state index in [-0.39, 0.29) is 11.9 Å². The minimum Gasteiger partial charge on any atom is -0.451 e. The van der Waals surface area contributed by atoms with Gasteiger partial charge in [0, 0.05) is 29.4 Å². The highest BCUT2D eigenvalue weighted by Crippen LogP contribution is 2.28. The van der Waals surface area contributed by atoms with Gasteiger partial charge in [-0.1, -0.05) is 11.6 Å². The highest BCUT2D eigenvalue weighted by Gasteiger charge is 2.20. The molecular weight excluding hydrogens is 402 g/mol. The molecule has 0 saturated carbocycles. The number of hydrogen-bond donors (Lipinski definition) is 2. The topological polar surface area (TPSA) is 89.5 Å². The monoisotopic (exact) mass is 421 g/mol. The number of aliphatic hydroxyl groups is 1. The third kappa shape index (κ3) is 4.33. The summed E-state index contributed by atoms with van der Waals surface area (Å²) < 4.78 is 5.68.